The summed E-state index contributed by atoms with van der Waals surface area (Å²) in [5.41, 5.74) is 1.26. The molecule has 26 heavy (non-hydrogen) atoms. The van der Waals surface area contributed by atoms with Gasteiger partial charge in [0.2, 0.25) is 0 Å². The highest BCUT2D eigenvalue weighted by Gasteiger charge is 2.12. The Morgan fingerprint density at radius 1 is 1.19 bits per heavy atom. The van der Waals surface area contributed by atoms with Crippen molar-refractivity contribution < 1.29 is 0 Å². The molecule has 0 saturated heterocycles. The van der Waals surface area contributed by atoms with Gasteiger partial charge >= 0.3 is 0 Å². The number of benzene rings is 1. The number of thioether (sulfide) groups is 1. The molecule has 3 aromatic heterocycles. The van der Waals surface area contributed by atoms with E-state index in [-0.39, 0.29) is 11.1 Å². The van der Waals surface area contributed by atoms with Crippen LogP contribution in [0.4, 0.5) is 0 Å². The normalized spacial score (nSPS) is 11.4. The molecule has 4 aromatic rings. The van der Waals surface area contributed by atoms with E-state index in [0.29, 0.717) is 39.0 Å². The highest BCUT2D eigenvalue weighted by Crippen LogP contribution is 2.22. The third-order valence-electron chi connectivity index (χ3n) is 3.98. The number of thiazole rings is 1. The van der Waals surface area contributed by atoms with Crippen LogP contribution in [0.3, 0.4) is 0 Å². The van der Waals surface area contributed by atoms with Crippen LogP contribution in [-0.4, -0.2) is 18.9 Å². The van der Waals surface area contributed by atoms with E-state index in [0.717, 1.165) is 6.42 Å². The molecular formula is C18H16N4O2S2. The maximum Gasteiger partial charge on any atom is 0.262 e. The Bertz CT molecular complexity index is 1210. The molecule has 4 rings (SSSR count). The van der Waals surface area contributed by atoms with E-state index in [1.807, 2.05) is 30.5 Å². The predicted molar refractivity (Wildman–Crippen MR) is 105 cm³/mol. The van der Waals surface area contributed by atoms with Crippen molar-refractivity contribution in [2.45, 2.75) is 30.8 Å². The number of aromatic nitrogens is 4. The molecule has 1 aromatic carbocycles. The van der Waals surface area contributed by atoms with Crippen molar-refractivity contribution in [1.82, 2.24) is 18.9 Å². The first-order chi connectivity index (χ1) is 12.7. The summed E-state index contributed by atoms with van der Waals surface area (Å²) in [5.74, 6) is 0.484. The Morgan fingerprint density at radius 3 is 2.88 bits per heavy atom. The monoisotopic (exact) mass is 384 g/mol. The molecule has 0 aliphatic heterocycles. The summed E-state index contributed by atoms with van der Waals surface area (Å²) in [4.78, 5) is 34.8. The van der Waals surface area contributed by atoms with Gasteiger partial charge in [0.15, 0.2) is 10.1 Å². The summed E-state index contributed by atoms with van der Waals surface area (Å²) in [6, 6.07) is 8.91. The summed E-state index contributed by atoms with van der Waals surface area (Å²) >= 11 is 2.86. The fourth-order valence-corrected chi connectivity index (χ4v) is 4.44. The molecule has 0 radical (unpaired) electrons. The molecule has 6 nitrogen and oxygen atoms in total. The van der Waals surface area contributed by atoms with Crippen molar-refractivity contribution in [1.29, 1.82) is 0 Å². The molecule has 0 unspecified atom stereocenters. The van der Waals surface area contributed by atoms with Crippen LogP contribution in [-0.2, 0) is 12.3 Å². The second-order valence-corrected chi connectivity index (χ2v) is 7.61. The molecule has 132 valence electrons. The molecule has 0 fully saturated rings. The van der Waals surface area contributed by atoms with E-state index >= 15 is 0 Å². The fourth-order valence-electron chi connectivity index (χ4n) is 2.78. The summed E-state index contributed by atoms with van der Waals surface area (Å²) < 4.78 is 3.24. The van der Waals surface area contributed by atoms with Gasteiger partial charge in [-0.15, -0.1) is 11.3 Å². The molecule has 0 atom stereocenters. The summed E-state index contributed by atoms with van der Waals surface area (Å²) in [5, 5.41) is 3.12. The molecule has 0 saturated carbocycles. The highest BCUT2D eigenvalue weighted by atomic mass is 32.2. The third kappa shape index (κ3) is 3.06. The van der Waals surface area contributed by atoms with E-state index in [2.05, 4.69) is 9.97 Å². The quantitative estimate of drug-likeness (QED) is 0.390. The zero-order chi connectivity index (χ0) is 18.1. The number of fused-ring (bicyclic) bond motifs is 2. The van der Waals surface area contributed by atoms with E-state index in [9.17, 15) is 9.59 Å². The van der Waals surface area contributed by atoms with Gasteiger partial charge in [-0.3, -0.25) is 18.6 Å². The lowest BCUT2D eigenvalue weighted by molar-refractivity contribution is 0.584. The molecule has 0 amide bonds. The van der Waals surface area contributed by atoms with Crippen molar-refractivity contribution in [3.05, 3.63) is 68.3 Å². The first kappa shape index (κ1) is 17.0. The van der Waals surface area contributed by atoms with Crippen molar-refractivity contribution in [3.63, 3.8) is 0 Å². The Balaban J connectivity index is 1.72. The molecule has 0 spiro atoms. The number of rotatable bonds is 5. The minimum atomic E-state index is -0.0933. The average molecular weight is 384 g/mol. The zero-order valence-corrected chi connectivity index (χ0v) is 15.7. The summed E-state index contributed by atoms with van der Waals surface area (Å²) in [6.07, 6.45) is 2.56. The van der Waals surface area contributed by atoms with Crippen LogP contribution in [0, 0.1) is 0 Å². The largest absolute Gasteiger partial charge is 0.287 e. The van der Waals surface area contributed by atoms with E-state index in [1.54, 1.807) is 16.8 Å². The van der Waals surface area contributed by atoms with Crippen LogP contribution < -0.4 is 11.1 Å². The third-order valence-corrected chi connectivity index (χ3v) is 5.75. The molecular weight excluding hydrogens is 368 g/mol. The SMILES string of the molecule is CCCn1c(SCc2cc(=O)n3ccsc3n2)nc2ccccc2c1=O. The van der Waals surface area contributed by atoms with Gasteiger partial charge in [0, 0.05) is 29.9 Å². The van der Waals surface area contributed by atoms with Crippen LogP contribution >= 0.6 is 23.1 Å². The topological polar surface area (TPSA) is 69.3 Å². The standard InChI is InChI=1S/C18H16N4O2S2/c1-2-7-22-16(24)13-5-3-4-6-14(13)20-18(22)26-11-12-10-15(23)21-8-9-25-17(21)19-12/h3-6,8-10H,2,7,11H2,1H3. The predicted octanol–water partition coefficient (Wildman–Crippen LogP) is 3.17. The molecule has 8 heteroatoms. The van der Waals surface area contributed by atoms with Crippen LogP contribution in [0.2, 0.25) is 0 Å². The lowest BCUT2D eigenvalue weighted by atomic mass is 10.2. The van der Waals surface area contributed by atoms with Gasteiger partial charge < -0.3 is 0 Å². The maximum atomic E-state index is 12.8. The van der Waals surface area contributed by atoms with E-state index in [1.165, 1.54) is 33.6 Å². The van der Waals surface area contributed by atoms with Gasteiger partial charge in [-0.25, -0.2) is 9.97 Å². The molecule has 0 aliphatic rings. The number of para-hydroxylation sites is 1. The Morgan fingerprint density at radius 2 is 2.04 bits per heavy atom. The number of nitrogens with zero attached hydrogens (tertiary/aromatic N) is 4. The first-order valence-electron chi connectivity index (χ1n) is 8.25. The van der Waals surface area contributed by atoms with Crippen LogP contribution in [0.15, 0.2) is 56.7 Å². The lowest BCUT2D eigenvalue weighted by Gasteiger charge is -2.12. The smallest absolute Gasteiger partial charge is 0.262 e. The van der Waals surface area contributed by atoms with E-state index in [4.69, 9.17) is 0 Å². The second-order valence-electron chi connectivity index (χ2n) is 5.80. The van der Waals surface area contributed by atoms with Gasteiger partial charge in [-0.2, -0.15) is 0 Å². The minimum absolute atomic E-state index is 0.0262. The lowest BCUT2D eigenvalue weighted by Crippen LogP contribution is -2.23. The van der Waals surface area contributed by atoms with Gasteiger partial charge in [0.25, 0.3) is 11.1 Å². The Hall–Kier alpha value is -2.45. The first-order valence-corrected chi connectivity index (χ1v) is 10.1. The molecule has 0 bridgehead atoms. The van der Waals surface area contributed by atoms with Gasteiger partial charge in [-0.05, 0) is 18.6 Å². The Labute approximate surface area is 157 Å². The summed E-state index contributed by atoms with van der Waals surface area (Å²) in [6.45, 7) is 2.64. The fraction of sp³-hybridized carbons (Fsp3) is 0.222. The molecule has 3 heterocycles. The van der Waals surface area contributed by atoms with Gasteiger partial charge in [0.05, 0.1) is 16.6 Å². The molecule has 0 aliphatic carbocycles. The zero-order valence-electron chi connectivity index (χ0n) is 14.1. The van der Waals surface area contributed by atoms with Crippen LogP contribution in [0.1, 0.15) is 19.0 Å². The van der Waals surface area contributed by atoms with Gasteiger partial charge in [-0.1, -0.05) is 30.8 Å². The maximum absolute atomic E-state index is 12.8. The second kappa shape index (κ2) is 7.05. The van der Waals surface area contributed by atoms with E-state index < -0.39 is 0 Å². The molecule has 0 N–H and O–H groups in total. The van der Waals surface area contributed by atoms with Crippen LogP contribution in [0.5, 0.6) is 0 Å². The average Bonchev–Trinajstić information content (AvgIpc) is 3.12. The highest BCUT2D eigenvalue weighted by molar-refractivity contribution is 7.98. The van der Waals surface area contributed by atoms with Crippen molar-refractivity contribution in [2.75, 3.05) is 0 Å². The van der Waals surface area contributed by atoms with Crippen molar-refractivity contribution >= 4 is 39.0 Å². The number of hydrogen-bond donors (Lipinski definition) is 0. The van der Waals surface area contributed by atoms with Gasteiger partial charge in [0.1, 0.15) is 0 Å². The number of hydrogen-bond acceptors (Lipinski definition) is 6. The minimum Gasteiger partial charge on any atom is -0.287 e. The van der Waals surface area contributed by atoms with Crippen LogP contribution in [0.25, 0.3) is 15.9 Å². The Kier molecular flexibility index (Phi) is 4.60. The summed E-state index contributed by atoms with van der Waals surface area (Å²) in [7, 11) is 0. The van der Waals surface area contributed by atoms with Crippen molar-refractivity contribution in [2.24, 2.45) is 0 Å². The van der Waals surface area contributed by atoms with Crippen molar-refractivity contribution in [3.8, 4) is 0 Å².